The number of hydrogen-bond donors (Lipinski definition) is 4. The zero-order valence-electron chi connectivity index (χ0n) is 16.8. The molecule has 0 bridgehead atoms. The van der Waals surface area contributed by atoms with Gasteiger partial charge in [0.05, 0.1) is 0 Å². The van der Waals surface area contributed by atoms with Gasteiger partial charge in [-0.1, -0.05) is 36.6 Å². The van der Waals surface area contributed by atoms with Crippen molar-refractivity contribution in [3.63, 3.8) is 0 Å². The van der Waals surface area contributed by atoms with Crippen LogP contribution in [0.25, 0.3) is 0 Å². The molecular formula is C21H33BN2O4. The molecule has 1 fully saturated rings. The molecule has 7 heteroatoms. The van der Waals surface area contributed by atoms with Crippen molar-refractivity contribution in [2.24, 2.45) is 11.7 Å². The van der Waals surface area contributed by atoms with Crippen molar-refractivity contribution >= 4 is 13.1 Å². The highest BCUT2D eigenvalue weighted by Gasteiger charge is 2.44. The Bertz CT molecular complexity index is 691. The minimum absolute atomic E-state index is 0.0429. The van der Waals surface area contributed by atoms with E-state index in [1.54, 1.807) is 0 Å². The van der Waals surface area contributed by atoms with Crippen molar-refractivity contribution in [1.29, 1.82) is 0 Å². The van der Waals surface area contributed by atoms with E-state index in [0.717, 1.165) is 38.8 Å². The lowest BCUT2D eigenvalue weighted by molar-refractivity contribution is -0.147. The van der Waals surface area contributed by atoms with Gasteiger partial charge in [0.25, 0.3) is 0 Å². The van der Waals surface area contributed by atoms with Crippen molar-refractivity contribution in [1.82, 2.24) is 4.90 Å². The molecule has 28 heavy (non-hydrogen) atoms. The van der Waals surface area contributed by atoms with Crippen molar-refractivity contribution < 1.29 is 19.9 Å². The summed E-state index contributed by atoms with van der Waals surface area (Å²) < 4.78 is 0. The van der Waals surface area contributed by atoms with Gasteiger partial charge in [-0.2, -0.15) is 0 Å². The second kappa shape index (κ2) is 8.95. The number of fused-ring (bicyclic) bond motifs is 1. The van der Waals surface area contributed by atoms with Crippen LogP contribution in [0.5, 0.6) is 0 Å². The molecule has 0 spiro atoms. The van der Waals surface area contributed by atoms with Crippen molar-refractivity contribution in [3.05, 3.63) is 34.9 Å². The number of aryl methyl sites for hydroxylation is 2. The Labute approximate surface area is 167 Å². The van der Waals surface area contributed by atoms with E-state index in [9.17, 15) is 9.90 Å². The zero-order valence-corrected chi connectivity index (χ0v) is 16.8. The van der Waals surface area contributed by atoms with Gasteiger partial charge in [-0.3, -0.25) is 9.69 Å². The van der Waals surface area contributed by atoms with Crippen LogP contribution in [0.1, 0.15) is 61.3 Å². The molecule has 2 unspecified atom stereocenters. The van der Waals surface area contributed by atoms with E-state index in [0.29, 0.717) is 25.3 Å². The molecular weight excluding hydrogens is 355 g/mol. The first kappa shape index (κ1) is 21.3. The number of nitrogens with zero attached hydrogens (tertiary/aromatic N) is 1. The van der Waals surface area contributed by atoms with E-state index < -0.39 is 18.6 Å². The standard InChI is InChI=1S/C21H33BN2O4/c1-15-4-5-16-6-7-19(18(16)14-15)24-12-8-17(9-13-24)21(23,20(25)26)10-2-3-11-22(27)28/h4-5,14,17,19,27-28H,2-3,6-13,23H2,1H3,(H,25,26). The molecule has 154 valence electrons. The summed E-state index contributed by atoms with van der Waals surface area (Å²) in [5, 5.41) is 27.7. The van der Waals surface area contributed by atoms with Crippen LogP contribution in [-0.2, 0) is 11.2 Å². The zero-order chi connectivity index (χ0) is 20.3. The van der Waals surface area contributed by atoms with E-state index in [4.69, 9.17) is 15.8 Å². The predicted molar refractivity (Wildman–Crippen MR) is 110 cm³/mol. The van der Waals surface area contributed by atoms with Gasteiger partial charge in [0.2, 0.25) is 0 Å². The Hall–Kier alpha value is -1.41. The van der Waals surface area contributed by atoms with Crippen LogP contribution in [0.4, 0.5) is 0 Å². The Morgan fingerprint density at radius 2 is 1.96 bits per heavy atom. The van der Waals surface area contributed by atoms with Crippen LogP contribution >= 0.6 is 0 Å². The maximum Gasteiger partial charge on any atom is 0.451 e. The summed E-state index contributed by atoms with van der Waals surface area (Å²) in [6, 6.07) is 7.17. The summed E-state index contributed by atoms with van der Waals surface area (Å²) in [5.74, 6) is -0.976. The second-order valence-corrected chi connectivity index (χ2v) is 8.64. The van der Waals surface area contributed by atoms with Gasteiger partial charge in [-0.15, -0.1) is 0 Å². The molecule has 1 saturated heterocycles. The summed E-state index contributed by atoms with van der Waals surface area (Å²) in [7, 11) is -1.34. The summed E-state index contributed by atoms with van der Waals surface area (Å²) in [5.41, 5.74) is 9.34. The molecule has 2 aliphatic rings. The number of carboxylic acid groups (broad SMARTS) is 1. The van der Waals surface area contributed by atoms with E-state index in [-0.39, 0.29) is 12.2 Å². The molecule has 1 heterocycles. The van der Waals surface area contributed by atoms with Gasteiger partial charge in [-0.05, 0) is 75.5 Å². The minimum atomic E-state index is -1.34. The number of hydrogen-bond acceptors (Lipinski definition) is 5. The predicted octanol–water partition coefficient (Wildman–Crippen LogP) is 2.12. The normalized spacial score (nSPS) is 22.6. The molecule has 2 atom stereocenters. The van der Waals surface area contributed by atoms with E-state index >= 15 is 0 Å². The fraction of sp³-hybridized carbons (Fsp3) is 0.667. The van der Waals surface area contributed by atoms with Gasteiger partial charge in [0.15, 0.2) is 0 Å². The maximum atomic E-state index is 12.0. The summed E-state index contributed by atoms with van der Waals surface area (Å²) in [6.07, 6.45) is 5.65. The number of aliphatic carboxylic acids is 1. The summed E-state index contributed by atoms with van der Waals surface area (Å²) >= 11 is 0. The van der Waals surface area contributed by atoms with Crippen LogP contribution < -0.4 is 5.73 Å². The number of unbranched alkanes of at least 4 members (excludes halogenated alkanes) is 1. The number of likely N-dealkylation sites (tertiary alicyclic amines) is 1. The lowest BCUT2D eigenvalue weighted by Crippen LogP contribution is -2.57. The third-order valence-electron chi connectivity index (χ3n) is 6.75. The fourth-order valence-corrected chi connectivity index (χ4v) is 5.04. The fourth-order valence-electron chi connectivity index (χ4n) is 5.04. The van der Waals surface area contributed by atoms with Crippen molar-refractivity contribution in [3.8, 4) is 0 Å². The average molecular weight is 388 g/mol. The number of carboxylic acids is 1. The number of carbonyl (C=O) groups is 1. The van der Waals surface area contributed by atoms with Gasteiger partial charge in [-0.25, -0.2) is 0 Å². The lowest BCUT2D eigenvalue weighted by Gasteiger charge is -2.42. The number of benzene rings is 1. The highest BCUT2D eigenvalue weighted by molar-refractivity contribution is 6.40. The molecule has 1 aliphatic carbocycles. The van der Waals surface area contributed by atoms with E-state index in [2.05, 4.69) is 30.0 Å². The number of piperidine rings is 1. The quantitative estimate of drug-likeness (QED) is 0.402. The van der Waals surface area contributed by atoms with Crippen LogP contribution in [0, 0.1) is 12.8 Å². The Morgan fingerprint density at radius 3 is 2.61 bits per heavy atom. The van der Waals surface area contributed by atoms with Crippen LogP contribution in [0.15, 0.2) is 18.2 Å². The maximum absolute atomic E-state index is 12.0. The molecule has 5 N–H and O–H groups in total. The third kappa shape index (κ3) is 4.59. The molecule has 0 radical (unpaired) electrons. The van der Waals surface area contributed by atoms with Gasteiger partial charge in [0, 0.05) is 6.04 Å². The van der Waals surface area contributed by atoms with E-state index in [1.165, 1.54) is 16.7 Å². The number of nitrogens with two attached hydrogens (primary N) is 1. The summed E-state index contributed by atoms with van der Waals surface area (Å²) in [4.78, 5) is 14.5. The second-order valence-electron chi connectivity index (χ2n) is 8.64. The van der Waals surface area contributed by atoms with Gasteiger partial charge in [0.1, 0.15) is 5.54 Å². The number of rotatable bonds is 8. The van der Waals surface area contributed by atoms with Crippen LogP contribution in [0.2, 0.25) is 6.32 Å². The molecule has 3 rings (SSSR count). The Morgan fingerprint density at radius 1 is 1.25 bits per heavy atom. The third-order valence-corrected chi connectivity index (χ3v) is 6.75. The first-order valence-electron chi connectivity index (χ1n) is 10.5. The molecule has 0 amide bonds. The molecule has 1 aromatic carbocycles. The summed E-state index contributed by atoms with van der Waals surface area (Å²) in [6.45, 7) is 3.89. The van der Waals surface area contributed by atoms with Gasteiger partial charge >= 0.3 is 13.1 Å². The smallest absolute Gasteiger partial charge is 0.451 e. The minimum Gasteiger partial charge on any atom is -0.480 e. The lowest BCUT2D eigenvalue weighted by atomic mass is 9.74. The van der Waals surface area contributed by atoms with Gasteiger partial charge < -0.3 is 20.9 Å². The Kier molecular flexibility index (Phi) is 6.81. The van der Waals surface area contributed by atoms with Crippen molar-refractivity contribution in [2.45, 2.75) is 69.8 Å². The monoisotopic (exact) mass is 388 g/mol. The largest absolute Gasteiger partial charge is 0.480 e. The molecule has 6 nitrogen and oxygen atoms in total. The SMILES string of the molecule is Cc1ccc2c(c1)C(N1CCC(C(N)(CCCCB(O)O)C(=O)O)CC1)CC2. The van der Waals surface area contributed by atoms with Crippen molar-refractivity contribution in [2.75, 3.05) is 13.1 Å². The highest BCUT2D eigenvalue weighted by atomic mass is 16.4. The van der Waals surface area contributed by atoms with E-state index in [1.807, 2.05) is 0 Å². The average Bonchev–Trinajstić information content (AvgIpc) is 3.08. The Balaban J connectivity index is 1.59. The molecule has 1 aliphatic heterocycles. The first-order chi connectivity index (χ1) is 13.3. The first-order valence-corrected chi connectivity index (χ1v) is 10.5. The molecule has 0 aromatic heterocycles. The topological polar surface area (TPSA) is 107 Å². The molecule has 0 saturated carbocycles. The molecule has 1 aromatic rings. The van der Waals surface area contributed by atoms with Crippen LogP contribution in [-0.4, -0.2) is 51.8 Å². The van der Waals surface area contributed by atoms with Crippen LogP contribution in [0.3, 0.4) is 0 Å². The highest BCUT2D eigenvalue weighted by Crippen LogP contribution is 2.40.